The molecule has 0 radical (unpaired) electrons. The fourth-order valence-corrected chi connectivity index (χ4v) is 2.02. The second-order valence-electron chi connectivity index (χ2n) is 4.73. The zero-order valence-corrected chi connectivity index (χ0v) is 11.0. The van der Waals surface area contributed by atoms with Crippen LogP contribution in [0.2, 0.25) is 0 Å². The van der Waals surface area contributed by atoms with Crippen LogP contribution in [0, 0.1) is 0 Å². The Kier molecular flexibility index (Phi) is 4.44. The van der Waals surface area contributed by atoms with E-state index in [4.69, 9.17) is 14.6 Å². The molecular formula is C14H21NO3. The zero-order valence-electron chi connectivity index (χ0n) is 11.0. The van der Waals surface area contributed by atoms with E-state index in [2.05, 4.69) is 12.2 Å². The van der Waals surface area contributed by atoms with Crippen LogP contribution in [0.3, 0.4) is 0 Å². The Morgan fingerprint density at radius 1 is 1.22 bits per heavy atom. The summed E-state index contributed by atoms with van der Waals surface area (Å²) in [5.74, 6) is 1.63. The van der Waals surface area contributed by atoms with Crippen LogP contribution in [0.5, 0.6) is 11.5 Å². The van der Waals surface area contributed by atoms with Gasteiger partial charge in [-0.25, -0.2) is 0 Å². The molecule has 4 nitrogen and oxygen atoms in total. The topological polar surface area (TPSA) is 50.7 Å². The maximum Gasteiger partial charge on any atom is 0.161 e. The molecule has 0 spiro atoms. The van der Waals surface area contributed by atoms with Crippen LogP contribution in [-0.4, -0.2) is 31.0 Å². The SMILES string of the molecule is CC(N[C@H](C)CO)c1ccc2c(c1)OCCCO2. The van der Waals surface area contributed by atoms with Gasteiger partial charge in [0, 0.05) is 18.5 Å². The number of aliphatic hydroxyl groups excluding tert-OH is 1. The molecule has 1 aromatic rings. The second-order valence-corrected chi connectivity index (χ2v) is 4.73. The fraction of sp³-hybridized carbons (Fsp3) is 0.571. The minimum atomic E-state index is 0.0796. The Bertz CT molecular complexity index is 395. The molecule has 0 fully saturated rings. The van der Waals surface area contributed by atoms with Crippen molar-refractivity contribution in [1.29, 1.82) is 0 Å². The third-order valence-corrected chi connectivity index (χ3v) is 3.08. The first-order chi connectivity index (χ1) is 8.70. The molecule has 0 saturated carbocycles. The molecule has 0 aliphatic carbocycles. The van der Waals surface area contributed by atoms with Crippen LogP contribution in [0.4, 0.5) is 0 Å². The number of hydrogen-bond donors (Lipinski definition) is 2. The summed E-state index contributed by atoms with van der Waals surface area (Å²) >= 11 is 0. The van der Waals surface area contributed by atoms with Gasteiger partial charge in [-0.2, -0.15) is 0 Å². The van der Waals surface area contributed by atoms with E-state index < -0.39 is 0 Å². The van der Waals surface area contributed by atoms with Crippen molar-refractivity contribution in [3.8, 4) is 11.5 Å². The number of nitrogens with one attached hydrogen (secondary N) is 1. The average molecular weight is 251 g/mol. The summed E-state index contributed by atoms with van der Waals surface area (Å²) in [7, 11) is 0. The van der Waals surface area contributed by atoms with Crippen molar-refractivity contribution in [2.45, 2.75) is 32.4 Å². The van der Waals surface area contributed by atoms with Gasteiger partial charge in [-0.05, 0) is 31.5 Å². The summed E-state index contributed by atoms with van der Waals surface area (Å²) in [6.07, 6.45) is 0.916. The lowest BCUT2D eigenvalue weighted by molar-refractivity contribution is 0.243. The van der Waals surface area contributed by atoms with E-state index in [1.807, 2.05) is 25.1 Å². The van der Waals surface area contributed by atoms with Crippen LogP contribution in [0.15, 0.2) is 18.2 Å². The third kappa shape index (κ3) is 3.15. The van der Waals surface area contributed by atoms with Gasteiger partial charge in [-0.3, -0.25) is 0 Å². The number of aliphatic hydroxyl groups is 1. The van der Waals surface area contributed by atoms with Crippen molar-refractivity contribution >= 4 is 0 Å². The standard InChI is InChI=1S/C14H21NO3/c1-10(9-16)15-11(2)12-4-5-13-14(8-12)18-7-3-6-17-13/h4-5,8,10-11,15-16H,3,6-7,9H2,1-2H3/t10-,11?/m1/s1. The highest BCUT2D eigenvalue weighted by Crippen LogP contribution is 2.32. The van der Waals surface area contributed by atoms with Gasteiger partial charge >= 0.3 is 0 Å². The van der Waals surface area contributed by atoms with Crippen molar-refractivity contribution in [1.82, 2.24) is 5.32 Å². The Balaban J connectivity index is 2.12. The molecule has 2 rings (SSSR count). The smallest absolute Gasteiger partial charge is 0.161 e. The predicted octanol–water partition coefficient (Wildman–Crippen LogP) is 1.88. The van der Waals surface area contributed by atoms with Gasteiger partial charge in [0.15, 0.2) is 11.5 Å². The molecule has 2 atom stereocenters. The number of rotatable bonds is 4. The molecule has 1 aliphatic rings. The predicted molar refractivity (Wildman–Crippen MR) is 70.1 cm³/mol. The van der Waals surface area contributed by atoms with Gasteiger partial charge in [0.05, 0.1) is 19.8 Å². The molecular weight excluding hydrogens is 230 g/mol. The number of benzene rings is 1. The van der Waals surface area contributed by atoms with E-state index in [1.54, 1.807) is 0 Å². The van der Waals surface area contributed by atoms with Crippen LogP contribution in [0.25, 0.3) is 0 Å². The van der Waals surface area contributed by atoms with Gasteiger partial charge < -0.3 is 19.9 Å². The van der Waals surface area contributed by atoms with Gasteiger partial charge in [-0.1, -0.05) is 6.07 Å². The van der Waals surface area contributed by atoms with Crippen LogP contribution < -0.4 is 14.8 Å². The van der Waals surface area contributed by atoms with E-state index in [0.29, 0.717) is 13.2 Å². The lowest BCUT2D eigenvalue weighted by atomic mass is 10.1. The van der Waals surface area contributed by atoms with Gasteiger partial charge in [0.1, 0.15) is 0 Å². The average Bonchev–Trinajstić information content (AvgIpc) is 2.62. The van der Waals surface area contributed by atoms with Gasteiger partial charge in [0.2, 0.25) is 0 Å². The van der Waals surface area contributed by atoms with Crippen molar-refractivity contribution < 1.29 is 14.6 Å². The Morgan fingerprint density at radius 3 is 2.67 bits per heavy atom. The fourth-order valence-electron chi connectivity index (χ4n) is 2.02. The summed E-state index contributed by atoms with van der Waals surface area (Å²) in [5.41, 5.74) is 1.14. The molecule has 0 amide bonds. The first-order valence-corrected chi connectivity index (χ1v) is 6.47. The number of ether oxygens (including phenoxy) is 2. The van der Waals surface area contributed by atoms with E-state index in [0.717, 1.165) is 23.5 Å². The molecule has 100 valence electrons. The lowest BCUT2D eigenvalue weighted by Crippen LogP contribution is -2.31. The van der Waals surface area contributed by atoms with E-state index in [-0.39, 0.29) is 18.7 Å². The summed E-state index contributed by atoms with van der Waals surface area (Å²) < 4.78 is 11.3. The Labute approximate surface area is 108 Å². The highest BCUT2D eigenvalue weighted by Gasteiger charge is 2.14. The zero-order chi connectivity index (χ0) is 13.0. The quantitative estimate of drug-likeness (QED) is 0.858. The molecule has 1 aliphatic heterocycles. The molecule has 1 unspecified atom stereocenters. The van der Waals surface area contributed by atoms with E-state index in [9.17, 15) is 0 Å². The lowest BCUT2D eigenvalue weighted by Gasteiger charge is -2.19. The van der Waals surface area contributed by atoms with Gasteiger partial charge in [-0.15, -0.1) is 0 Å². The monoisotopic (exact) mass is 251 g/mol. The first-order valence-electron chi connectivity index (χ1n) is 6.47. The van der Waals surface area contributed by atoms with Crippen molar-refractivity contribution in [2.24, 2.45) is 0 Å². The molecule has 18 heavy (non-hydrogen) atoms. The Morgan fingerprint density at radius 2 is 1.94 bits per heavy atom. The minimum Gasteiger partial charge on any atom is -0.490 e. The maximum atomic E-state index is 9.05. The number of fused-ring (bicyclic) bond motifs is 1. The second kappa shape index (κ2) is 6.07. The minimum absolute atomic E-state index is 0.0796. The molecule has 1 aromatic carbocycles. The molecule has 0 aromatic heterocycles. The van der Waals surface area contributed by atoms with Crippen molar-refractivity contribution in [2.75, 3.05) is 19.8 Å². The molecule has 4 heteroatoms. The van der Waals surface area contributed by atoms with Crippen molar-refractivity contribution in [3.63, 3.8) is 0 Å². The normalized spacial score (nSPS) is 17.9. The maximum absolute atomic E-state index is 9.05. The largest absolute Gasteiger partial charge is 0.490 e. The van der Waals surface area contributed by atoms with E-state index >= 15 is 0 Å². The van der Waals surface area contributed by atoms with Crippen molar-refractivity contribution in [3.05, 3.63) is 23.8 Å². The highest BCUT2D eigenvalue weighted by molar-refractivity contribution is 5.44. The highest BCUT2D eigenvalue weighted by atomic mass is 16.5. The summed E-state index contributed by atoms with van der Waals surface area (Å²) in [6, 6.07) is 6.26. The van der Waals surface area contributed by atoms with Crippen LogP contribution in [-0.2, 0) is 0 Å². The van der Waals surface area contributed by atoms with Crippen LogP contribution in [0.1, 0.15) is 31.9 Å². The Hall–Kier alpha value is -1.26. The molecule has 0 saturated heterocycles. The number of hydrogen-bond acceptors (Lipinski definition) is 4. The van der Waals surface area contributed by atoms with Crippen LogP contribution >= 0.6 is 0 Å². The first kappa shape index (κ1) is 13.2. The third-order valence-electron chi connectivity index (χ3n) is 3.08. The summed E-state index contributed by atoms with van der Waals surface area (Å²) in [6.45, 7) is 5.58. The molecule has 2 N–H and O–H groups in total. The summed E-state index contributed by atoms with van der Waals surface area (Å²) in [5, 5.41) is 12.4. The van der Waals surface area contributed by atoms with Gasteiger partial charge in [0.25, 0.3) is 0 Å². The molecule has 1 heterocycles. The van der Waals surface area contributed by atoms with E-state index in [1.165, 1.54) is 0 Å². The summed E-state index contributed by atoms with van der Waals surface area (Å²) in [4.78, 5) is 0. The molecule has 0 bridgehead atoms.